The van der Waals surface area contributed by atoms with Gasteiger partial charge in [0.1, 0.15) is 6.07 Å². The fraction of sp³-hybridized carbons (Fsp3) is 0.692. The molecule has 3 heteroatoms. The molecular weight excluding hydrogens is 202 g/mol. The van der Waals surface area contributed by atoms with Gasteiger partial charge in [-0.25, -0.2) is 0 Å². The Bertz CT molecular complexity index is 403. The molecule has 0 aromatic rings. The summed E-state index contributed by atoms with van der Waals surface area (Å²) in [6.45, 7) is 6.57. The van der Waals surface area contributed by atoms with Crippen LogP contribution in [0.5, 0.6) is 0 Å². The molecule has 1 aliphatic heterocycles. The zero-order valence-electron chi connectivity index (χ0n) is 10.0. The predicted octanol–water partition coefficient (Wildman–Crippen LogP) is 2.23. The molecule has 0 unspecified atom stereocenters. The van der Waals surface area contributed by atoms with Gasteiger partial charge in [0.15, 0.2) is 5.78 Å². The maximum atomic E-state index is 12.1. The number of nitrogens with zero attached hydrogens (tertiary/aromatic N) is 1. The van der Waals surface area contributed by atoms with Crippen LogP contribution in [0.15, 0.2) is 11.6 Å². The lowest BCUT2D eigenvalue weighted by Crippen LogP contribution is -2.54. The van der Waals surface area contributed by atoms with Crippen molar-refractivity contribution in [3.63, 3.8) is 0 Å². The molecule has 0 amide bonds. The van der Waals surface area contributed by atoms with Crippen LogP contribution in [-0.2, 0) is 9.53 Å². The summed E-state index contributed by atoms with van der Waals surface area (Å²) in [6.07, 6.45) is 3.70. The fourth-order valence-electron chi connectivity index (χ4n) is 3.10. The molecule has 0 aromatic heterocycles. The molecule has 1 fully saturated rings. The number of fused-ring (bicyclic) bond motifs is 1. The van der Waals surface area contributed by atoms with E-state index in [-0.39, 0.29) is 17.3 Å². The normalized spacial score (nSPS) is 37.2. The smallest absolute Gasteiger partial charge is 0.181 e. The number of ether oxygens (including phenoxy) is 1. The van der Waals surface area contributed by atoms with E-state index in [0.29, 0.717) is 12.2 Å². The maximum absolute atomic E-state index is 12.1. The summed E-state index contributed by atoms with van der Waals surface area (Å²) in [5.74, 6) is -0.0839. The van der Waals surface area contributed by atoms with E-state index >= 15 is 0 Å². The lowest BCUT2D eigenvalue weighted by Gasteiger charge is -2.49. The molecule has 0 bridgehead atoms. The van der Waals surface area contributed by atoms with Gasteiger partial charge in [0.2, 0.25) is 0 Å². The van der Waals surface area contributed by atoms with Gasteiger partial charge in [0, 0.05) is 12.0 Å². The third kappa shape index (κ3) is 1.41. The second kappa shape index (κ2) is 3.43. The van der Waals surface area contributed by atoms with E-state index in [1.165, 1.54) is 0 Å². The van der Waals surface area contributed by atoms with Gasteiger partial charge in [-0.05, 0) is 26.7 Å². The predicted molar refractivity (Wildman–Crippen MR) is 59.6 cm³/mol. The molecule has 1 heterocycles. The third-order valence-electron chi connectivity index (χ3n) is 3.82. The van der Waals surface area contributed by atoms with E-state index in [4.69, 9.17) is 10.00 Å². The lowest BCUT2D eigenvalue weighted by atomic mass is 9.60. The van der Waals surface area contributed by atoms with Crippen molar-refractivity contribution in [2.75, 3.05) is 6.61 Å². The van der Waals surface area contributed by atoms with Crippen molar-refractivity contribution in [3.8, 4) is 6.07 Å². The van der Waals surface area contributed by atoms with Crippen LogP contribution < -0.4 is 0 Å². The van der Waals surface area contributed by atoms with Crippen molar-refractivity contribution >= 4 is 5.78 Å². The zero-order valence-corrected chi connectivity index (χ0v) is 10.0. The SMILES string of the molecule is CC1(C)C(=O)C(C#N)=C[C@@]2(C)CCCO[C@H]12. The average Bonchev–Trinajstić information content (AvgIpc) is 2.24. The Morgan fingerprint density at radius 1 is 1.50 bits per heavy atom. The Kier molecular flexibility index (Phi) is 2.43. The van der Waals surface area contributed by atoms with Gasteiger partial charge in [-0.1, -0.05) is 13.0 Å². The standard InChI is InChI=1S/C13H17NO2/c1-12(2)10(15)9(8-14)7-13(3)5-4-6-16-11(12)13/h7,11H,4-6H2,1-3H3/t11-,13-/m1/s1. The van der Waals surface area contributed by atoms with Gasteiger partial charge in [0.25, 0.3) is 0 Å². The maximum Gasteiger partial charge on any atom is 0.181 e. The first-order valence-corrected chi connectivity index (χ1v) is 5.71. The minimum Gasteiger partial charge on any atom is -0.376 e. The second-order valence-electron chi connectivity index (χ2n) is 5.58. The Labute approximate surface area is 96.1 Å². The van der Waals surface area contributed by atoms with E-state index in [0.717, 1.165) is 12.8 Å². The first kappa shape index (κ1) is 11.3. The van der Waals surface area contributed by atoms with Crippen molar-refractivity contribution in [1.82, 2.24) is 0 Å². The van der Waals surface area contributed by atoms with Crippen LogP contribution in [0.2, 0.25) is 0 Å². The van der Waals surface area contributed by atoms with Crippen molar-refractivity contribution < 1.29 is 9.53 Å². The molecule has 2 atom stereocenters. The molecule has 0 radical (unpaired) electrons. The molecule has 0 N–H and O–H groups in total. The van der Waals surface area contributed by atoms with Crippen molar-refractivity contribution in [2.24, 2.45) is 10.8 Å². The summed E-state index contributed by atoms with van der Waals surface area (Å²) in [6, 6.07) is 2.02. The summed E-state index contributed by atoms with van der Waals surface area (Å²) in [5, 5.41) is 9.02. The van der Waals surface area contributed by atoms with Crippen molar-refractivity contribution in [1.29, 1.82) is 5.26 Å². The molecule has 1 saturated heterocycles. The number of allylic oxidation sites excluding steroid dienone is 1. The molecule has 16 heavy (non-hydrogen) atoms. The molecule has 2 aliphatic rings. The van der Waals surface area contributed by atoms with Crippen LogP contribution in [0, 0.1) is 22.2 Å². The van der Waals surface area contributed by atoms with Crippen molar-refractivity contribution in [2.45, 2.75) is 39.7 Å². The first-order chi connectivity index (χ1) is 7.42. The number of carbonyl (C=O) groups is 1. The summed E-state index contributed by atoms with van der Waals surface area (Å²) in [7, 11) is 0. The van der Waals surface area contributed by atoms with Crippen molar-refractivity contribution in [3.05, 3.63) is 11.6 Å². The first-order valence-electron chi connectivity index (χ1n) is 5.71. The van der Waals surface area contributed by atoms with Crippen LogP contribution >= 0.6 is 0 Å². The molecule has 0 saturated carbocycles. The molecule has 0 spiro atoms. The quantitative estimate of drug-likeness (QED) is 0.627. The summed E-state index contributed by atoms with van der Waals surface area (Å²) in [5.41, 5.74) is -0.454. The number of rotatable bonds is 0. The Morgan fingerprint density at radius 3 is 2.81 bits per heavy atom. The molecule has 3 nitrogen and oxygen atoms in total. The summed E-state index contributed by atoms with van der Waals surface area (Å²) >= 11 is 0. The number of carbonyl (C=O) groups excluding carboxylic acids is 1. The number of hydrogen-bond donors (Lipinski definition) is 0. The molecule has 2 rings (SSSR count). The molecule has 86 valence electrons. The largest absolute Gasteiger partial charge is 0.376 e. The van der Waals surface area contributed by atoms with Crippen LogP contribution in [0.25, 0.3) is 0 Å². The lowest BCUT2D eigenvalue weighted by molar-refractivity contribution is -0.152. The highest BCUT2D eigenvalue weighted by Gasteiger charge is 2.53. The van der Waals surface area contributed by atoms with Crippen LogP contribution in [0.3, 0.4) is 0 Å². The van der Waals surface area contributed by atoms with Crippen LogP contribution in [0.4, 0.5) is 0 Å². The van der Waals surface area contributed by atoms with E-state index in [1.54, 1.807) is 0 Å². The summed E-state index contributed by atoms with van der Waals surface area (Å²) < 4.78 is 5.79. The number of Topliss-reactive ketones (excluding diaryl/α,β-unsaturated/α-hetero) is 1. The van der Waals surface area contributed by atoms with Gasteiger partial charge in [-0.15, -0.1) is 0 Å². The van der Waals surface area contributed by atoms with E-state index in [9.17, 15) is 4.79 Å². The second-order valence-corrected chi connectivity index (χ2v) is 5.58. The number of ketones is 1. The minimum atomic E-state index is -0.588. The summed E-state index contributed by atoms with van der Waals surface area (Å²) in [4.78, 5) is 12.1. The molecule has 0 aromatic carbocycles. The number of hydrogen-bond acceptors (Lipinski definition) is 3. The highest BCUT2D eigenvalue weighted by atomic mass is 16.5. The number of nitriles is 1. The monoisotopic (exact) mass is 219 g/mol. The minimum absolute atomic E-state index is 0.0839. The Hall–Kier alpha value is -1.14. The van der Waals surface area contributed by atoms with Gasteiger partial charge in [0.05, 0.1) is 17.1 Å². The van der Waals surface area contributed by atoms with Gasteiger partial charge < -0.3 is 4.74 Å². The molecular formula is C13H17NO2. The molecule has 1 aliphatic carbocycles. The zero-order chi connectivity index (χ0) is 12.0. The fourth-order valence-corrected chi connectivity index (χ4v) is 3.10. The van der Waals surface area contributed by atoms with Gasteiger partial charge in [-0.2, -0.15) is 5.26 Å². The topological polar surface area (TPSA) is 50.1 Å². The van der Waals surface area contributed by atoms with Gasteiger partial charge >= 0.3 is 0 Å². The Morgan fingerprint density at radius 2 is 2.19 bits per heavy atom. The van der Waals surface area contributed by atoms with E-state index < -0.39 is 5.41 Å². The van der Waals surface area contributed by atoms with Crippen LogP contribution in [-0.4, -0.2) is 18.5 Å². The average molecular weight is 219 g/mol. The van der Waals surface area contributed by atoms with Crippen LogP contribution in [0.1, 0.15) is 33.6 Å². The van der Waals surface area contributed by atoms with Gasteiger partial charge in [-0.3, -0.25) is 4.79 Å². The highest BCUT2D eigenvalue weighted by Crippen LogP contribution is 2.49. The highest BCUT2D eigenvalue weighted by molar-refractivity contribution is 6.04. The van der Waals surface area contributed by atoms with E-state index in [2.05, 4.69) is 6.92 Å². The Balaban J connectivity index is 2.53. The van der Waals surface area contributed by atoms with E-state index in [1.807, 2.05) is 26.0 Å². The third-order valence-corrected chi connectivity index (χ3v) is 3.82.